The van der Waals surface area contributed by atoms with Crippen LogP contribution < -0.4 is 5.32 Å². The molecule has 1 fully saturated rings. The molecule has 0 aromatic carbocycles. The Morgan fingerprint density at radius 1 is 1.71 bits per heavy atom. The first-order valence-corrected chi connectivity index (χ1v) is 5.54. The minimum atomic E-state index is -0.602. The Hall–Kier alpha value is -0.280. The largest absolute Gasteiger partial charge is 0.365 e. The highest BCUT2D eigenvalue weighted by molar-refractivity contribution is 6.20. The molecule has 0 aromatic rings. The maximum atomic E-state index is 11.7. The molecule has 4 heteroatoms. The van der Waals surface area contributed by atoms with Gasteiger partial charge in [-0.15, -0.1) is 11.6 Å². The lowest BCUT2D eigenvalue weighted by atomic mass is 10.0. The van der Waals surface area contributed by atoms with Crippen LogP contribution in [0.15, 0.2) is 0 Å². The quantitative estimate of drug-likeness (QED) is 0.731. The number of hydrogen-bond donors (Lipinski definition) is 1. The van der Waals surface area contributed by atoms with Crippen LogP contribution in [0.3, 0.4) is 0 Å². The van der Waals surface area contributed by atoms with Gasteiger partial charge < -0.3 is 10.1 Å². The molecule has 0 aromatic heterocycles. The molecule has 1 aliphatic rings. The molecule has 1 heterocycles. The van der Waals surface area contributed by atoms with Gasteiger partial charge in [0.15, 0.2) is 0 Å². The molecular weight excluding hydrogens is 202 g/mol. The Labute approximate surface area is 90.1 Å². The van der Waals surface area contributed by atoms with Gasteiger partial charge in [-0.1, -0.05) is 0 Å². The maximum absolute atomic E-state index is 11.7. The third kappa shape index (κ3) is 3.14. The summed E-state index contributed by atoms with van der Waals surface area (Å²) in [7, 11) is 0. The van der Waals surface area contributed by atoms with E-state index in [1.54, 1.807) is 0 Å². The molecule has 1 rings (SSSR count). The van der Waals surface area contributed by atoms with E-state index in [4.69, 9.17) is 16.3 Å². The van der Waals surface area contributed by atoms with Crippen molar-refractivity contribution in [3.8, 4) is 0 Å². The molecule has 1 saturated heterocycles. The van der Waals surface area contributed by atoms with Gasteiger partial charge in [-0.3, -0.25) is 4.79 Å². The van der Waals surface area contributed by atoms with E-state index in [9.17, 15) is 4.79 Å². The van der Waals surface area contributed by atoms with Gasteiger partial charge in [-0.2, -0.15) is 0 Å². The molecule has 1 N–H and O–H groups in total. The number of hydrogen-bond acceptors (Lipinski definition) is 2. The average Bonchev–Trinajstić information content (AvgIpc) is 2.52. The van der Waals surface area contributed by atoms with Gasteiger partial charge in [0, 0.05) is 18.5 Å². The lowest BCUT2D eigenvalue weighted by molar-refractivity contribution is -0.139. The molecule has 82 valence electrons. The Balaban J connectivity index is 2.27. The second kappa shape index (κ2) is 4.99. The van der Waals surface area contributed by atoms with Crippen LogP contribution >= 0.6 is 11.6 Å². The van der Waals surface area contributed by atoms with Crippen LogP contribution in [0.25, 0.3) is 0 Å². The summed E-state index contributed by atoms with van der Waals surface area (Å²) in [5.74, 6) is -0.00711. The molecule has 0 radical (unpaired) electrons. The molecule has 0 spiro atoms. The van der Waals surface area contributed by atoms with Crippen LogP contribution in [0, 0.1) is 0 Å². The van der Waals surface area contributed by atoms with E-state index in [1.165, 1.54) is 0 Å². The second-order valence-electron chi connectivity index (χ2n) is 4.01. The molecule has 0 aliphatic carbocycles. The van der Waals surface area contributed by atoms with Crippen LogP contribution in [0.2, 0.25) is 0 Å². The zero-order chi connectivity index (χ0) is 10.6. The summed E-state index contributed by atoms with van der Waals surface area (Å²) in [6, 6.07) is 0. The Bertz CT molecular complexity index is 200. The number of amides is 1. The Morgan fingerprint density at radius 2 is 2.43 bits per heavy atom. The van der Waals surface area contributed by atoms with E-state index in [0.717, 1.165) is 19.3 Å². The highest BCUT2D eigenvalue weighted by Crippen LogP contribution is 2.24. The highest BCUT2D eigenvalue weighted by Gasteiger charge is 2.37. The van der Waals surface area contributed by atoms with E-state index >= 15 is 0 Å². The topological polar surface area (TPSA) is 38.3 Å². The first-order valence-electron chi connectivity index (χ1n) is 5.11. The standard InChI is InChI=1S/C10H18ClNO2/c1-8(11)4-6-12-9(13)10(2)5-3-7-14-10/h8H,3-7H2,1-2H3,(H,12,13). The fraction of sp³-hybridized carbons (Fsp3) is 0.900. The number of carbonyl (C=O) groups is 1. The number of rotatable bonds is 4. The third-order valence-electron chi connectivity index (χ3n) is 2.53. The zero-order valence-electron chi connectivity index (χ0n) is 8.81. The minimum Gasteiger partial charge on any atom is -0.365 e. The van der Waals surface area contributed by atoms with Gasteiger partial charge in [0.2, 0.25) is 0 Å². The predicted molar refractivity (Wildman–Crippen MR) is 56.5 cm³/mol. The van der Waals surface area contributed by atoms with E-state index in [0.29, 0.717) is 13.2 Å². The normalized spacial score (nSPS) is 28.8. The lowest BCUT2D eigenvalue weighted by Crippen LogP contribution is -2.44. The van der Waals surface area contributed by atoms with Crippen molar-refractivity contribution in [3.63, 3.8) is 0 Å². The summed E-state index contributed by atoms with van der Waals surface area (Å²) >= 11 is 5.77. The lowest BCUT2D eigenvalue weighted by Gasteiger charge is -2.21. The molecule has 1 amide bonds. The Kier molecular flexibility index (Phi) is 4.20. The summed E-state index contributed by atoms with van der Waals surface area (Å²) in [5.41, 5.74) is -0.602. The summed E-state index contributed by atoms with van der Waals surface area (Å²) in [6.45, 7) is 5.08. The number of alkyl halides is 1. The van der Waals surface area contributed by atoms with Crippen LogP contribution in [-0.2, 0) is 9.53 Å². The predicted octanol–water partition coefficient (Wildman–Crippen LogP) is 1.69. The van der Waals surface area contributed by atoms with Crippen molar-refractivity contribution in [2.45, 2.75) is 44.1 Å². The van der Waals surface area contributed by atoms with Crippen molar-refractivity contribution in [2.24, 2.45) is 0 Å². The van der Waals surface area contributed by atoms with Crippen LogP contribution in [0.4, 0.5) is 0 Å². The summed E-state index contributed by atoms with van der Waals surface area (Å²) in [5, 5.41) is 2.95. The van der Waals surface area contributed by atoms with Crippen molar-refractivity contribution < 1.29 is 9.53 Å². The summed E-state index contributed by atoms with van der Waals surface area (Å²) in [4.78, 5) is 11.7. The van der Waals surface area contributed by atoms with Crippen molar-refractivity contribution >= 4 is 17.5 Å². The minimum absolute atomic E-state index is 0.00711. The monoisotopic (exact) mass is 219 g/mol. The molecule has 0 saturated carbocycles. The molecule has 0 bridgehead atoms. The van der Waals surface area contributed by atoms with Gasteiger partial charge in [-0.05, 0) is 33.1 Å². The zero-order valence-corrected chi connectivity index (χ0v) is 9.56. The first-order chi connectivity index (χ1) is 6.54. The molecule has 14 heavy (non-hydrogen) atoms. The Morgan fingerprint density at radius 3 is 2.93 bits per heavy atom. The molecule has 2 atom stereocenters. The first kappa shape index (κ1) is 11.8. The number of halogens is 1. The van der Waals surface area contributed by atoms with E-state index in [-0.39, 0.29) is 11.3 Å². The van der Waals surface area contributed by atoms with Gasteiger partial charge in [0.05, 0.1) is 0 Å². The van der Waals surface area contributed by atoms with Gasteiger partial charge in [0.25, 0.3) is 5.91 Å². The van der Waals surface area contributed by atoms with Crippen molar-refractivity contribution in [2.75, 3.05) is 13.2 Å². The van der Waals surface area contributed by atoms with Crippen molar-refractivity contribution in [1.29, 1.82) is 0 Å². The van der Waals surface area contributed by atoms with Crippen molar-refractivity contribution in [1.82, 2.24) is 5.32 Å². The molecule has 3 nitrogen and oxygen atoms in total. The van der Waals surface area contributed by atoms with E-state index in [1.807, 2.05) is 13.8 Å². The summed E-state index contributed by atoms with van der Waals surface area (Å²) < 4.78 is 5.41. The molecule has 2 unspecified atom stereocenters. The SMILES string of the molecule is CC(Cl)CCNC(=O)C1(C)CCCO1. The van der Waals surface area contributed by atoms with Gasteiger partial charge in [0.1, 0.15) is 5.60 Å². The van der Waals surface area contributed by atoms with Gasteiger partial charge >= 0.3 is 0 Å². The van der Waals surface area contributed by atoms with Crippen LogP contribution in [0.1, 0.15) is 33.1 Å². The number of ether oxygens (including phenoxy) is 1. The van der Waals surface area contributed by atoms with E-state index in [2.05, 4.69) is 5.32 Å². The smallest absolute Gasteiger partial charge is 0.251 e. The average molecular weight is 220 g/mol. The number of carbonyl (C=O) groups excluding carboxylic acids is 1. The second-order valence-corrected chi connectivity index (χ2v) is 4.75. The maximum Gasteiger partial charge on any atom is 0.251 e. The van der Waals surface area contributed by atoms with Crippen LogP contribution in [-0.4, -0.2) is 30.0 Å². The highest BCUT2D eigenvalue weighted by atomic mass is 35.5. The third-order valence-corrected chi connectivity index (χ3v) is 2.75. The fourth-order valence-electron chi connectivity index (χ4n) is 1.53. The van der Waals surface area contributed by atoms with Crippen molar-refractivity contribution in [3.05, 3.63) is 0 Å². The molecule has 1 aliphatic heterocycles. The number of nitrogens with one attached hydrogen (secondary N) is 1. The van der Waals surface area contributed by atoms with E-state index < -0.39 is 5.60 Å². The fourth-order valence-corrected chi connectivity index (χ4v) is 1.64. The molecular formula is C10H18ClNO2. The van der Waals surface area contributed by atoms with Crippen LogP contribution in [0.5, 0.6) is 0 Å². The summed E-state index contributed by atoms with van der Waals surface area (Å²) in [6.07, 6.45) is 2.58. The van der Waals surface area contributed by atoms with Gasteiger partial charge in [-0.25, -0.2) is 0 Å².